The van der Waals surface area contributed by atoms with Gasteiger partial charge in [-0.3, -0.25) is 4.79 Å². The van der Waals surface area contributed by atoms with Crippen LogP contribution in [0.1, 0.15) is 23.7 Å². The number of halogens is 1. The number of hydrogen-bond acceptors (Lipinski definition) is 3. The summed E-state index contributed by atoms with van der Waals surface area (Å²) in [5.74, 6) is -0.0968. The van der Waals surface area contributed by atoms with Crippen LogP contribution >= 0.6 is 15.9 Å². The van der Waals surface area contributed by atoms with Crippen LogP contribution in [0.2, 0.25) is 0 Å². The molecule has 100 valence electrons. The monoisotopic (exact) mass is 313 g/mol. The first-order valence-corrected chi connectivity index (χ1v) is 6.70. The van der Waals surface area contributed by atoms with Crippen molar-refractivity contribution in [2.24, 2.45) is 0 Å². The lowest BCUT2D eigenvalue weighted by atomic mass is 10.1. The topological polar surface area (TPSA) is 58.4 Å². The van der Waals surface area contributed by atoms with Crippen LogP contribution < -0.4 is 11.1 Å². The first-order valence-electron chi connectivity index (χ1n) is 5.90. The molecule has 1 unspecified atom stereocenters. The third-order valence-corrected chi connectivity index (χ3v) is 3.31. The van der Waals surface area contributed by atoms with Gasteiger partial charge in [0.2, 0.25) is 0 Å². The summed E-state index contributed by atoms with van der Waals surface area (Å²) >= 11 is 3.36. The lowest BCUT2D eigenvalue weighted by Gasteiger charge is -2.17. The number of anilines is 1. The maximum atomic E-state index is 12.1. The van der Waals surface area contributed by atoms with Gasteiger partial charge in [0.1, 0.15) is 0 Å². The largest absolute Gasteiger partial charge is 0.399 e. The Morgan fingerprint density at radius 2 is 2.17 bits per heavy atom. The molecule has 1 aromatic rings. The van der Waals surface area contributed by atoms with E-state index >= 15 is 0 Å². The summed E-state index contributed by atoms with van der Waals surface area (Å²) in [6.07, 6.45) is 0.915. The number of nitrogens with two attached hydrogens (primary N) is 1. The third-order valence-electron chi connectivity index (χ3n) is 2.62. The highest BCUT2D eigenvalue weighted by Crippen LogP contribution is 2.19. The van der Waals surface area contributed by atoms with E-state index in [0.29, 0.717) is 11.3 Å². The van der Waals surface area contributed by atoms with Gasteiger partial charge in [0.25, 0.3) is 5.91 Å². The average molecular weight is 314 g/mol. The molecular weight excluding hydrogens is 294 g/mol. The smallest absolute Gasteiger partial charge is 0.252 e. The van der Waals surface area contributed by atoms with Crippen LogP contribution in [0.15, 0.2) is 22.7 Å². The molecule has 0 aliphatic carbocycles. The van der Waals surface area contributed by atoms with Gasteiger partial charge in [-0.15, -0.1) is 0 Å². The minimum atomic E-state index is -0.0968. The molecule has 0 heterocycles. The predicted molar refractivity (Wildman–Crippen MR) is 78.7 cm³/mol. The zero-order valence-electron chi connectivity index (χ0n) is 11.0. The first kappa shape index (κ1) is 15.0. The molecule has 0 fully saturated rings. The molecule has 5 heteroatoms. The quantitative estimate of drug-likeness (QED) is 0.818. The Kier molecular flexibility index (Phi) is 5.62. The van der Waals surface area contributed by atoms with E-state index in [1.54, 1.807) is 18.2 Å². The van der Waals surface area contributed by atoms with Gasteiger partial charge >= 0.3 is 0 Å². The van der Waals surface area contributed by atoms with Gasteiger partial charge in [0.05, 0.1) is 5.56 Å². The van der Waals surface area contributed by atoms with E-state index in [4.69, 9.17) is 5.73 Å². The molecule has 0 aliphatic heterocycles. The van der Waals surface area contributed by atoms with Crippen molar-refractivity contribution in [1.82, 2.24) is 10.2 Å². The summed E-state index contributed by atoms with van der Waals surface area (Å²) in [5.41, 5.74) is 6.85. The van der Waals surface area contributed by atoms with Crippen molar-refractivity contribution < 1.29 is 4.79 Å². The second-order valence-corrected chi connectivity index (χ2v) is 5.56. The number of benzene rings is 1. The number of rotatable bonds is 5. The van der Waals surface area contributed by atoms with Crippen molar-refractivity contribution in [1.29, 1.82) is 0 Å². The number of carbonyl (C=O) groups is 1. The van der Waals surface area contributed by atoms with Crippen molar-refractivity contribution >= 4 is 27.5 Å². The molecular formula is C13H20BrN3O. The van der Waals surface area contributed by atoms with Gasteiger partial charge in [-0.1, -0.05) is 0 Å². The highest BCUT2D eigenvalue weighted by Gasteiger charge is 2.13. The van der Waals surface area contributed by atoms with Crippen molar-refractivity contribution in [3.8, 4) is 0 Å². The lowest BCUT2D eigenvalue weighted by molar-refractivity contribution is 0.0936. The van der Waals surface area contributed by atoms with E-state index in [1.165, 1.54) is 0 Å². The van der Waals surface area contributed by atoms with Crippen molar-refractivity contribution in [3.05, 3.63) is 28.2 Å². The van der Waals surface area contributed by atoms with Gasteiger partial charge in [0, 0.05) is 16.2 Å². The summed E-state index contributed by atoms with van der Waals surface area (Å²) < 4.78 is 0.758. The van der Waals surface area contributed by atoms with E-state index in [-0.39, 0.29) is 11.9 Å². The number of nitrogens with one attached hydrogen (secondary N) is 1. The van der Waals surface area contributed by atoms with Gasteiger partial charge in [-0.05, 0) is 68.1 Å². The summed E-state index contributed by atoms with van der Waals surface area (Å²) in [7, 11) is 4.03. The molecule has 0 radical (unpaired) electrons. The van der Waals surface area contributed by atoms with E-state index in [0.717, 1.165) is 17.4 Å². The first-order chi connectivity index (χ1) is 8.40. The maximum absolute atomic E-state index is 12.1. The molecule has 0 saturated heterocycles. The van der Waals surface area contributed by atoms with Crippen LogP contribution in [0.25, 0.3) is 0 Å². The molecule has 18 heavy (non-hydrogen) atoms. The average Bonchev–Trinajstić information content (AvgIpc) is 2.29. The molecule has 0 spiro atoms. The third kappa shape index (κ3) is 4.66. The summed E-state index contributed by atoms with van der Waals surface area (Å²) in [6.45, 7) is 2.95. The zero-order chi connectivity index (χ0) is 13.7. The van der Waals surface area contributed by atoms with E-state index in [2.05, 4.69) is 26.1 Å². The van der Waals surface area contributed by atoms with E-state index < -0.39 is 0 Å². The highest BCUT2D eigenvalue weighted by molar-refractivity contribution is 9.10. The number of carbonyl (C=O) groups excluding carboxylic acids is 1. The fourth-order valence-corrected chi connectivity index (χ4v) is 1.97. The minimum absolute atomic E-state index is 0.0968. The molecule has 0 saturated carbocycles. The van der Waals surface area contributed by atoms with Crippen LogP contribution in [0.3, 0.4) is 0 Å². The van der Waals surface area contributed by atoms with Gasteiger partial charge < -0.3 is 16.0 Å². The van der Waals surface area contributed by atoms with Crippen LogP contribution in [0.4, 0.5) is 5.69 Å². The molecule has 1 amide bonds. The van der Waals surface area contributed by atoms with Gasteiger partial charge in [-0.2, -0.15) is 0 Å². The predicted octanol–water partition coefficient (Wildman–Crippen LogP) is 2.10. The maximum Gasteiger partial charge on any atom is 0.252 e. The number of nitrogen functional groups attached to an aromatic ring is 1. The van der Waals surface area contributed by atoms with Crippen LogP contribution in [0, 0.1) is 0 Å². The zero-order valence-corrected chi connectivity index (χ0v) is 12.6. The minimum Gasteiger partial charge on any atom is -0.399 e. The normalized spacial score (nSPS) is 12.5. The summed E-state index contributed by atoms with van der Waals surface area (Å²) in [4.78, 5) is 14.2. The second-order valence-electron chi connectivity index (χ2n) is 4.71. The fraction of sp³-hybridized carbons (Fsp3) is 0.462. The van der Waals surface area contributed by atoms with Crippen LogP contribution in [0.5, 0.6) is 0 Å². The van der Waals surface area contributed by atoms with Crippen molar-refractivity contribution in [2.45, 2.75) is 19.4 Å². The molecule has 1 aromatic carbocycles. The van der Waals surface area contributed by atoms with E-state index in [9.17, 15) is 4.79 Å². The van der Waals surface area contributed by atoms with Crippen molar-refractivity contribution in [2.75, 3.05) is 26.4 Å². The Morgan fingerprint density at radius 3 is 2.78 bits per heavy atom. The second kappa shape index (κ2) is 6.75. The summed E-state index contributed by atoms with van der Waals surface area (Å²) in [5, 5.41) is 2.97. The molecule has 1 atom stereocenters. The SMILES string of the molecule is CC(CCN(C)C)NC(=O)c1cc(N)ccc1Br. The Labute approximate surface area is 117 Å². The van der Waals surface area contributed by atoms with Gasteiger partial charge in [-0.25, -0.2) is 0 Å². The molecule has 1 rings (SSSR count). The Hall–Kier alpha value is -1.07. The standard InChI is InChI=1S/C13H20BrN3O/c1-9(6-7-17(2)3)16-13(18)11-8-10(15)4-5-12(11)14/h4-5,8-9H,6-7,15H2,1-3H3,(H,16,18). The van der Waals surface area contributed by atoms with Gasteiger partial charge in [0.15, 0.2) is 0 Å². The Bertz CT molecular complexity index is 421. The summed E-state index contributed by atoms with van der Waals surface area (Å²) in [6, 6.07) is 5.36. The molecule has 0 aromatic heterocycles. The molecule has 0 bridgehead atoms. The Balaban J connectivity index is 2.62. The molecule has 0 aliphatic rings. The number of hydrogen-bond donors (Lipinski definition) is 2. The van der Waals surface area contributed by atoms with Crippen LogP contribution in [-0.2, 0) is 0 Å². The van der Waals surface area contributed by atoms with Crippen LogP contribution in [-0.4, -0.2) is 37.5 Å². The number of amides is 1. The van der Waals surface area contributed by atoms with E-state index in [1.807, 2.05) is 21.0 Å². The highest BCUT2D eigenvalue weighted by atomic mass is 79.9. The number of nitrogens with zero attached hydrogens (tertiary/aromatic N) is 1. The molecule has 3 N–H and O–H groups in total. The molecule has 4 nitrogen and oxygen atoms in total. The Morgan fingerprint density at radius 1 is 1.50 bits per heavy atom. The fourth-order valence-electron chi connectivity index (χ4n) is 1.54. The lowest BCUT2D eigenvalue weighted by Crippen LogP contribution is -2.35. The van der Waals surface area contributed by atoms with Crippen molar-refractivity contribution in [3.63, 3.8) is 0 Å².